The summed E-state index contributed by atoms with van der Waals surface area (Å²) in [6, 6.07) is 12.5. The van der Waals surface area contributed by atoms with Gasteiger partial charge < -0.3 is 9.80 Å². The molecule has 0 atom stereocenters. The average molecular weight is 394 g/mol. The Bertz CT molecular complexity index is 795. The van der Waals surface area contributed by atoms with Crippen LogP contribution < -0.4 is 0 Å². The third-order valence-electron chi connectivity index (χ3n) is 5.72. The van der Waals surface area contributed by atoms with Crippen LogP contribution in [0.5, 0.6) is 0 Å². The molecule has 2 aromatic rings. The smallest absolute Gasteiger partial charge is 0.227 e. The number of carbonyl (C=O) groups is 2. The standard InChI is InChI=1S/C24H31N3O2/c1-26(2)23(28)10-9-19-5-7-20(8-6-19)16-21-11-14-27(15-12-21)24(29)17-22-4-3-13-25-18-22/h3-8,13,18,21H,9-12,14-17H2,1-2H3. The van der Waals surface area contributed by atoms with Crippen molar-refractivity contribution in [3.63, 3.8) is 0 Å². The number of nitrogens with zero attached hydrogens (tertiary/aromatic N) is 3. The fourth-order valence-corrected chi connectivity index (χ4v) is 3.83. The molecular weight excluding hydrogens is 362 g/mol. The molecule has 3 rings (SSSR count). The number of benzene rings is 1. The number of pyridine rings is 1. The summed E-state index contributed by atoms with van der Waals surface area (Å²) >= 11 is 0. The molecule has 1 aromatic carbocycles. The predicted octanol–water partition coefficient (Wildman–Crippen LogP) is 3.13. The summed E-state index contributed by atoms with van der Waals surface area (Å²) in [4.78, 5) is 31.9. The molecule has 1 saturated heterocycles. The normalized spacial score (nSPS) is 14.6. The van der Waals surface area contributed by atoms with Gasteiger partial charge in [-0.2, -0.15) is 0 Å². The van der Waals surface area contributed by atoms with Crippen LogP contribution in [0, 0.1) is 5.92 Å². The lowest BCUT2D eigenvalue weighted by Gasteiger charge is -2.32. The van der Waals surface area contributed by atoms with Crippen LogP contribution in [-0.4, -0.2) is 53.8 Å². The molecule has 29 heavy (non-hydrogen) atoms. The van der Waals surface area contributed by atoms with Crippen LogP contribution in [0.3, 0.4) is 0 Å². The fourth-order valence-electron chi connectivity index (χ4n) is 3.83. The third-order valence-corrected chi connectivity index (χ3v) is 5.72. The van der Waals surface area contributed by atoms with E-state index in [1.54, 1.807) is 31.4 Å². The molecule has 2 heterocycles. The minimum atomic E-state index is 0.166. The molecule has 1 aliphatic heterocycles. The quantitative estimate of drug-likeness (QED) is 0.726. The van der Waals surface area contributed by atoms with Gasteiger partial charge in [0.05, 0.1) is 6.42 Å². The van der Waals surface area contributed by atoms with Crippen LogP contribution in [0.25, 0.3) is 0 Å². The Morgan fingerprint density at radius 1 is 1.03 bits per heavy atom. The highest BCUT2D eigenvalue weighted by Crippen LogP contribution is 2.22. The molecule has 0 N–H and O–H groups in total. The summed E-state index contributed by atoms with van der Waals surface area (Å²) in [5, 5.41) is 0. The number of carbonyl (C=O) groups excluding carboxylic acids is 2. The first-order valence-corrected chi connectivity index (χ1v) is 10.5. The van der Waals surface area contributed by atoms with Gasteiger partial charge in [0.1, 0.15) is 0 Å². The molecule has 0 radical (unpaired) electrons. The van der Waals surface area contributed by atoms with Gasteiger partial charge in [0.2, 0.25) is 11.8 Å². The lowest BCUT2D eigenvalue weighted by molar-refractivity contribution is -0.132. The molecule has 2 amide bonds. The van der Waals surface area contributed by atoms with E-state index in [1.807, 2.05) is 17.0 Å². The molecule has 154 valence electrons. The zero-order valence-electron chi connectivity index (χ0n) is 17.5. The molecule has 5 heteroatoms. The molecule has 0 aliphatic carbocycles. The van der Waals surface area contributed by atoms with Crippen molar-refractivity contribution in [2.75, 3.05) is 27.2 Å². The van der Waals surface area contributed by atoms with Crippen LogP contribution in [0.4, 0.5) is 0 Å². The fraction of sp³-hybridized carbons (Fsp3) is 0.458. The Morgan fingerprint density at radius 3 is 2.34 bits per heavy atom. The number of likely N-dealkylation sites (tertiary alicyclic amines) is 1. The third kappa shape index (κ3) is 6.41. The first-order chi connectivity index (χ1) is 14.0. The van der Waals surface area contributed by atoms with Gasteiger partial charge in [-0.1, -0.05) is 30.3 Å². The highest BCUT2D eigenvalue weighted by atomic mass is 16.2. The van der Waals surface area contributed by atoms with E-state index in [-0.39, 0.29) is 11.8 Å². The van der Waals surface area contributed by atoms with E-state index in [0.717, 1.165) is 44.3 Å². The van der Waals surface area contributed by atoms with E-state index in [2.05, 4.69) is 29.2 Å². The molecule has 0 spiro atoms. The largest absolute Gasteiger partial charge is 0.349 e. The van der Waals surface area contributed by atoms with Crippen LogP contribution in [0.2, 0.25) is 0 Å². The Kier molecular flexibility index (Phi) is 7.39. The van der Waals surface area contributed by atoms with E-state index in [4.69, 9.17) is 0 Å². The van der Waals surface area contributed by atoms with Crippen molar-refractivity contribution < 1.29 is 9.59 Å². The van der Waals surface area contributed by atoms with Gasteiger partial charge >= 0.3 is 0 Å². The second-order valence-corrected chi connectivity index (χ2v) is 8.17. The maximum Gasteiger partial charge on any atom is 0.227 e. The van der Waals surface area contributed by atoms with E-state index in [0.29, 0.717) is 18.8 Å². The van der Waals surface area contributed by atoms with Crippen LogP contribution >= 0.6 is 0 Å². The average Bonchev–Trinajstić information content (AvgIpc) is 2.74. The first kappa shape index (κ1) is 21.0. The molecule has 0 bridgehead atoms. The van der Waals surface area contributed by atoms with Crippen LogP contribution in [0.1, 0.15) is 36.0 Å². The summed E-state index contributed by atoms with van der Waals surface area (Å²) in [6.45, 7) is 1.68. The van der Waals surface area contributed by atoms with Gasteiger partial charge in [-0.3, -0.25) is 14.6 Å². The number of piperidine rings is 1. The lowest BCUT2D eigenvalue weighted by Crippen LogP contribution is -2.39. The highest BCUT2D eigenvalue weighted by Gasteiger charge is 2.23. The maximum absolute atomic E-state index is 12.5. The van der Waals surface area contributed by atoms with Crippen molar-refractivity contribution in [3.05, 3.63) is 65.5 Å². The molecule has 1 fully saturated rings. The minimum Gasteiger partial charge on any atom is -0.349 e. The zero-order chi connectivity index (χ0) is 20.6. The molecular formula is C24H31N3O2. The van der Waals surface area contributed by atoms with Crippen molar-refractivity contribution in [2.24, 2.45) is 5.92 Å². The number of amides is 2. The molecule has 1 aliphatic rings. The predicted molar refractivity (Wildman–Crippen MR) is 114 cm³/mol. The summed E-state index contributed by atoms with van der Waals surface area (Å²) in [7, 11) is 3.59. The number of hydrogen-bond donors (Lipinski definition) is 0. The van der Waals surface area contributed by atoms with Crippen molar-refractivity contribution in [3.8, 4) is 0 Å². The number of hydrogen-bond acceptors (Lipinski definition) is 3. The Labute approximate surface area is 173 Å². The van der Waals surface area contributed by atoms with Gasteiger partial charge in [-0.05, 0) is 54.4 Å². The van der Waals surface area contributed by atoms with Gasteiger partial charge in [0.15, 0.2) is 0 Å². The molecule has 0 saturated carbocycles. The van der Waals surface area contributed by atoms with Crippen molar-refractivity contribution in [2.45, 2.75) is 38.5 Å². The van der Waals surface area contributed by atoms with Gasteiger partial charge in [-0.15, -0.1) is 0 Å². The van der Waals surface area contributed by atoms with Crippen molar-refractivity contribution >= 4 is 11.8 Å². The summed E-state index contributed by atoms with van der Waals surface area (Å²) in [6.07, 6.45) is 8.44. The molecule has 1 aromatic heterocycles. The monoisotopic (exact) mass is 393 g/mol. The van der Waals surface area contributed by atoms with Crippen LogP contribution in [-0.2, 0) is 28.9 Å². The minimum absolute atomic E-state index is 0.166. The Morgan fingerprint density at radius 2 is 1.72 bits per heavy atom. The topological polar surface area (TPSA) is 53.5 Å². The van der Waals surface area contributed by atoms with E-state index in [9.17, 15) is 9.59 Å². The van der Waals surface area contributed by atoms with Gasteiger partial charge in [-0.25, -0.2) is 0 Å². The second-order valence-electron chi connectivity index (χ2n) is 8.17. The number of rotatable bonds is 7. The van der Waals surface area contributed by atoms with Crippen LogP contribution in [0.15, 0.2) is 48.8 Å². The van der Waals surface area contributed by atoms with Gasteiger partial charge in [0, 0.05) is 46.0 Å². The number of aromatic nitrogens is 1. The van der Waals surface area contributed by atoms with E-state index in [1.165, 1.54) is 11.1 Å². The Balaban J connectivity index is 1.42. The van der Waals surface area contributed by atoms with Gasteiger partial charge in [0.25, 0.3) is 0 Å². The van der Waals surface area contributed by atoms with Crippen molar-refractivity contribution in [1.82, 2.24) is 14.8 Å². The first-order valence-electron chi connectivity index (χ1n) is 10.5. The SMILES string of the molecule is CN(C)C(=O)CCc1ccc(CC2CCN(C(=O)Cc3cccnc3)CC2)cc1. The second kappa shape index (κ2) is 10.2. The lowest BCUT2D eigenvalue weighted by atomic mass is 9.89. The summed E-state index contributed by atoms with van der Waals surface area (Å²) in [5.74, 6) is 0.991. The number of aryl methyl sites for hydroxylation is 1. The Hall–Kier alpha value is -2.69. The molecule has 0 unspecified atom stereocenters. The zero-order valence-corrected chi connectivity index (χ0v) is 17.5. The van der Waals surface area contributed by atoms with E-state index < -0.39 is 0 Å². The maximum atomic E-state index is 12.5. The summed E-state index contributed by atoms with van der Waals surface area (Å²) in [5.41, 5.74) is 3.53. The van der Waals surface area contributed by atoms with E-state index >= 15 is 0 Å². The summed E-state index contributed by atoms with van der Waals surface area (Å²) < 4.78 is 0. The molecule has 5 nitrogen and oxygen atoms in total. The van der Waals surface area contributed by atoms with Crippen molar-refractivity contribution in [1.29, 1.82) is 0 Å². The highest BCUT2D eigenvalue weighted by molar-refractivity contribution is 5.78.